The third-order valence-electron chi connectivity index (χ3n) is 4.10. The first-order valence-corrected chi connectivity index (χ1v) is 8.92. The summed E-state index contributed by atoms with van der Waals surface area (Å²) in [6.07, 6.45) is 3.30. The Morgan fingerprint density at radius 1 is 1.45 bits per heavy atom. The van der Waals surface area contributed by atoms with Gasteiger partial charge in [-0.3, -0.25) is 9.69 Å². The summed E-state index contributed by atoms with van der Waals surface area (Å²) in [7, 11) is 0. The lowest BCUT2D eigenvalue weighted by Gasteiger charge is -2.31. The molecule has 2 heterocycles. The van der Waals surface area contributed by atoms with Crippen LogP contribution in [0.25, 0.3) is 10.2 Å². The molecule has 1 aromatic heterocycles. The first-order chi connectivity index (χ1) is 10.8. The Morgan fingerprint density at radius 3 is 3.14 bits per heavy atom. The molecule has 1 aliphatic rings. The maximum absolute atomic E-state index is 11.9. The van der Waals surface area contributed by atoms with Gasteiger partial charge in [0, 0.05) is 19.0 Å². The van der Waals surface area contributed by atoms with Crippen molar-refractivity contribution in [3.8, 4) is 0 Å². The number of amides is 1. The number of hydrogen-bond acceptors (Lipinski definition) is 4. The quantitative estimate of drug-likeness (QED) is 0.922. The number of rotatable bonds is 5. The molecule has 1 N–H and O–H groups in total. The van der Waals surface area contributed by atoms with Gasteiger partial charge < -0.3 is 5.32 Å². The molecule has 1 amide bonds. The summed E-state index contributed by atoms with van der Waals surface area (Å²) < 4.78 is 1.26. The van der Waals surface area contributed by atoms with Crippen LogP contribution in [0.2, 0.25) is 0 Å². The van der Waals surface area contributed by atoms with Gasteiger partial charge in [0.1, 0.15) is 0 Å². The number of nitrogens with one attached hydrogen (secondary N) is 1. The van der Waals surface area contributed by atoms with Crippen molar-refractivity contribution in [3.63, 3.8) is 0 Å². The number of benzene rings is 1. The van der Waals surface area contributed by atoms with Gasteiger partial charge in [-0.1, -0.05) is 19.1 Å². The van der Waals surface area contributed by atoms with E-state index in [1.54, 1.807) is 11.3 Å². The SMILES string of the molecule is CCCNC(=O)CN1CCC[C@H](c2nc3ccccc3s2)C1. The largest absolute Gasteiger partial charge is 0.355 e. The van der Waals surface area contributed by atoms with Gasteiger partial charge in [-0.2, -0.15) is 0 Å². The van der Waals surface area contributed by atoms with Crippen molar-refractivity contribution in [3.05, 3.63) is 29.3 Å². The molecule has 4 nitrogen and oxygen atoms in total. The number of likely N-dealkylation sites (tertiary alicyclic amines) is 1. The summed E-state index contributed by atoms with van der Waals surface area (Å²) in [6.45, 7) is 5.32. The van der Waals surface area contributed by atoms with Gasteiger partial charge in [0.25, 0.3) is 0 Å². The molecule has 0 spiro atoms. The van der Waals surface area contributed by atoms with E-state index in [4.69, 9.17) is 4.98 Å². The summed E-state index contributed by atoms with van der Waals surface area (Å²) in [5.41, 5.74) is 1.10. The lowest BCUT2D eigenvalue weighted by molar-refractivity contribution is -0.122. The van der Waals surface area contributed by atoms with Gasteiger partial charge in [-0.25, -0.2) is 4.98 Å². The molecule has 0 bridgehead atoms. The summed E-state index contributed by atoms with van der Waals surface area (Å²) in [5.74, 6) is 0.608. The Balaban J connectivity index is 1.63. The van der Waals surface area contributed by atoms with Crippen molar-refractivity contribution in [1.82, 2.24) is 15.2 Å². The second-order valence-electron chi connectivity index (χ2n) is 5.94. The van der Waals surface area contributed by atoms with Crippen molar-refractivity contribution in [2.24, 2.45) is 0 Å². The molecule has 1 fully saturated rings. The van der Waals surface area contributed by atoms with E-state index < -0.39 is 0 Å². The minimum atomic E-state index is 0.145. The van der Waals surface area contributed by atoms with Gasteiger partial charge in [0.05, 0.1) is 21.8 Å². The van der Waals surface area contributed by atoms with Crippen LogP contribution >= 0.6 is 11.3 Å². The van der Waals surface area contributed by atoms with E-state index in [0.717, 1.165) is 38.0 Å². The molecule has 3 rings (SSSR count). The normalized spacial score (nSPS) is 19.4. The minimum absolute atomic E-state index is 0.145. The Labute approximate surface area is 135 Å². The molecule has 2 aromatic rings. The zero-order valence-corrected chi connectivity index (χ0v) is 13.9. The van der Waals surface area contributed by atoms with Crippen LogP contribution in [-0.4, -0.2) is 42.0 Å². The molecule has 1 saturated heterocycles. The average molecular weight is 317 g/mol. The molecule has 1 aromatic carbocycles. The molecule has 1 atom stereocenters. The van der Waals surface area contributed by atoms with E-state index in [-0.39, 0.29) is 5.91 Å². The molecule has 0 radical (unpaired) electrons. The zero-order chi connectivity index (χ0) is 15.4. The van der Waals surface area contributed by atoms with E-state index in [0.29, 0.717) is 12.5 Å². The number of aromatic nitrogens is 1. The second kappa shape index (κ2) is 7.20. The fourth-order valence-corrected chi connectivity index (χ4v) is 4.08. The highest BCUT2D eigenvalue weighted by atomic mass is 32.1. The number of piperidine rings is 1. The smallest absolute Gasteiger partial charge is 0.234 e. The third kappa shape index (κ3) is 3.65. The highest BCUT2D eigenvalue weighted by Gasteiger charge is 2.25. The molecule has 0 saturated carbocycles. The van der Waals surface area contributed by atoms with Crippen molar-refractivity contribution in [1.29, 1.82) is 0 Å². The van der Waals surface area contributed by atoms with Gasteiger partial charge in [-0.05, 0) is 37.9 Å². The van der Waals surface area contributed by atoms with E-state index in [2.05, 4.69) is 35.3 Å². The molecule has 0 aliphatic carbocycles. The fourth-order valence-electron chi connectivity index (χ4n) is 2.99. The third-order valence-corrected chi connectivity index (χ3v) is 5.30. The summed E-state index contributed by atoms with van der Waals surface area (Å²) in [5, 5.41) is 4.18. The monoisotopic (exact) mass is 317 g/mol. The van der Waals surface area contributed by atoms with Crippen LogP contribution in [0.5, 0.6) is 0 Å². The average Bonchev–Trinajstić information content (AvgIpc) is 2.97. The predicted molar refractivity (Wildman–Crippen MR) is 91.3 cm³/mol. The van der Waals surface area contributed by atoms with Crippen molar-refractivity contribution in [2.45, 2.75) is 32.1 Å². The van der Waals surface area contributed by atoms with Crippen LogP contribution in [0.4, 0.5) is 0 Å². The Bertz CT molecular complexity index is 607. The maximum Gasteiger partial charge on any atom is 0.234 e. The van der Waals surface area contributed by atoms with Gasteiger partial charge in [-0.15, -0.1) is 11.3 Å². The molecule has 22 heavy (non-hydrogen) atoms. The number of thiazole rings is 1. The molecule has 0 unspecified atom stereocenters. The van der Waals surface area contributed by atoms with Crippen LogP contribution in [-0.2, 0) is 4.79 Å². The number of carbonyl (C=O) groups excluding carboxylic acids is 1. The Kier molecular flexibility index (Phi) is 5.05. The van der Waals surface area contributed by atoms with Crippen LogP contribution < -0.4 is 5.32 Å². The van der Waals surface area contributed by atoms with Crippen LogP contribution in [0.15, 0.2) is 24.3 Å². The first kappa shape index (κ1) is 15.4. The zero-order valence-electron chi connectivity index (χ0n) is 13.0. The second-order valence-corrected chi connectivity index (χ2v) is 7.01. The molecule has 118 valence electrons. The van der Waals surface area contributed by atoms with Crippen molar-refractivity contribution in [2.75, 3.05) is 26.2 Å². The summed E-state index contributed by atoms with van der Waals surface area (Å²) in [6, 6.07) is 8.32. The van der Waals surface area contributed by atoms with Crippen LogP contribution in [0.3, 0.4) is 0 Å². The number of carbonyl (C=O) groups is 1. The van der Waals surface area contributed by atoms with Crippen LogP contribution in [0, 0.1) is 0 Å². The van der Waals surface area contributed by atoms with Crippen molar-refractivity contribution >= 4 is 27.5 Å². The van der Waals surface area contributed by atoms with Crippen LogP contribution in [0.1, 0.15) is 37.1 Å². The lowest BCUT2D eigenvalue weighted by Crippen LogP contribution is -2.42. The Morgan fingerprint density at radius 2 is 2.32 bits per heavy atom. The first-order valence-electron chi connectivity index (χ1n) is 8.11. The van der Waals surface area contributed by atoms with E-state index in [1.807, 2.05) is 6.07 Å². The highest BCUT2D eigenvalue weighted by molar-refractivity contribution is 7.18. The van der Waals surface area contributed by atoms with E-state index in [1.165, 1.54) is 16.1 Å². The predicted octanol–water partition coefficient (Wildman–Crippen LogP) is 3.00. The number of para-hydroxylation sites is 1. The fraction of sp³-hybridized carbons (Fsp3) is 0.529. The molecule has 1 aliphatic heterocycles. The minimum Gasteiger partial charge on any atom is -0.355 e. The number of hydrogen-bond donors (Lipinski definition) is 1. The summed E-state index contributed by atoms with van der Waals surface area (Å²) >= 11 is 1.80. The van der Waals surface area contributed by atoms with E-state index in [9.17, 15) is 4.79 Å². The standard InChI is InChI=1S/C17H23N3OS/c1-2-9-18-16(21)12-20-10-5-6-13(11-20)17-19-14-7-3-4-8-15(14)22-17/h3-4,7-8,13H,2,5-6,9-12H2,1H3,(H,18,21)/t13-/m0/s1. The van der Waals surface area contributed by atoms with E-state index >= 15 is 0 Å². The lowest BCUT2D eigenvalue weighted by atomic mass is 9.99. The Hall–Kier alpha value is -1.46. The number of fused-ring (bicyclic) bond motifs is 1. The maximum atomic E-state index is 11.9. The topological polar surface area (TPSA) is 45.2 Å². The van der Waals surface area contributed by atoms with Gasteiger partial charge >= 0.3 is 0 Å². The van der Waals surface area contributed by atoms with Crippen molar-refractivity contribution < 1.29 is 4.79 Å². The van der Waals surface area contributed by atoms with Gasteiger partial charge in [0.15, 0.2) is 0 Å². The molecule has 5 heteroatoms. The molecular weight excluding hydrogens is 294 g/mol. The van der Waals surface area contributed by atoms with Gasteiger partial charge in [0.2, 0.25) is 5.91 Å². The summed E-state index contributed by atoms with van der Waals surface area (Å²) in [4.78, 5) is 18.9. The highest BCUT2D eigenvalue weighted by Crippen LogP contribution is 2.32. The molecular formula is C17H23N3OS. The number of nitrogens with zero attached hydrogens (tertiary/aromatic N) is 2.